The van der Waals surface area contributed by atoms with Crippen LogP contribution in [0.4, 0.5) is 14.5 Å². The molecule has 8 rings (SSSR count). The summed E-state index contributed by atoms with van der Waals surface area (Å²) in [5, 5.41) is 5.66. The number of anilines is 1. The zero-order chi connectivity index (χ0) is 27.7. The van der Waals surface area contributed by atoms with E-state index < -0.39 is 6.17 Å². The second-order valence-corrected chi connectivity index (χ2v) is 13.7. The maximum atomic E-state index is 14.6. The standard InChI is InChI=1S/C32H36BrF2N5O/c33-29-25(35)8-5-19-3-1-4-27(28(19)29)39-12-9-24-26(17-39)37-31(38-30(24)20-13-22-6-7-23(14-20)36-22)41-18-32-10-2-11-40(32)16-21(34)15-32/h1,3-5,8,20-23,36H,2,6-7,9-18H2/t20?,21-,22-,23+,32+/m1/s1. The molecular weight excluding hydrogens is 588 g/mol. The minimum absolute atomic E-state index is 0.238. The van der Waals surface area contributed by atoms with Crippen LogP contribution in [-0.2, 0) is 13.0 Å². The molecule has 5 aliphatic rings. The maximum Gasteiger partial charge on any atom is 0.316 e. The SMILES string of the molecule is Fc1ccc2cccc(N3CCc4c(nc(OC[C@@]56CCCN5C[C@H](F)C6)nc4C4C[C@H]5CC[C@@H](C4)N5)C3)c2c1Br. The Hall–Kier alpha value is -2.36. The summed E-state index contributed by atoms with van der Waals surface area (Å²) < 4.78 is 36.0. The number of nitrogens with zero attached hydrogens (tertiary/aromatic N) is 4. The molecule has 0 amide bonds. The Morgan fingerprint density at radius 2 is 1.95 bits per heavy atom. The Kier molecular flexibility index (Phi) is 6.49. The minimum Gasteiger partial charge on any atom is -0.461 e. The lowest BCUT2D eigenvalue weighted by Gasteiger charge is -2.35. The zero-order valence-electron chi connectivity index (χ0n) is 23.2. The summed E-state index contributed by atoms with van der Waals surface area (Å²) in [6, 6.07) is 11.0. The van der Waals surface area contributed by atoms with Crippen LogP contribution in [0, 0.1) is 5.82 Å². The van der Waals surface area contributed by atoms with Crippen molar-refractivity contribution in [3.8, 4) is 6.01 Å². The van der Waals surface area contributed by atoms with Gasteiger partial charge in [-0.05, 0) is 90.5 Å². The summed E-state index contributed by atoms with van der Waals surface area (Å²) in [4.78, 5) is 14.7. The Bertz CT molecular complexity index is 1490. The minimum atomic E-state index is -0.789. The lowest BCUT2D eigenvalue weighted by Crippen LogP contribution is -2.43. The molecule has 4 saturated heterocycles. The Labute approximate surface area is 248 Å². The molecule has 6 heterocycles. The normalized spacial score (nSPS) is 31.0. The fourth-order valence-electron chi connectivity index (χ4n) is 8.53. The average Bonchev–Trinajstić information content (AvgIpc) is 3.63. The molecule has 9 heteroatoms. The molecule has 2 aromatic carbocycles. The van der Waals surface area contributed by atoms with Crippen molar-refractivity contribution in [2.75, 3.05) is 31.1 Å². The van der Waals surface area contributed by atoms with Crippen LogP contribution in [0.15, 0.2) is 34.8 Å². The van der Waals surface area contributed by atoms with Crippen LogP contribution in [0.25, 0.3) is 10.8 Å². The summed E-state index contributed by atoms with van der Waals surface area (Å²) in [7, 11) is 0. The van der Waals surface area contributed by atoms with Gasteiger partial charge in [0.05, 0.1) is 27.9 Å². The van der Waals surface area contributed by atoms with Crippen LogP contribution in [0.5, 0.6) is 6.01 Å². The van der Waals surface area contributed by atoms with Gasteiger partial charge >= 0.3 is 6.01 Å². The highest BCUT2D eigenvalue weighted by atomic mass is 79.9. The van der Waals surface area contributed by atoms with Crippen LogP contribution in [0.2, 0.25) is 0 Å². The number of halogens is 3. The van der Waals surface area contributed by atoms with Gasteiger partial charge in [-0.1, -0.05) is 18.2 Å². The lowest BCUT2D eigenvalue weighted by atomic mass is 9.85. The van der Waals surface area contributed by atoms with Crippen molar-refractivity contribution in [1.82, 2.24) is 20.2 Å². The third-order valence-corrected chi connectivity index (χ3v) is 11.2. The third-order valence-electron chi connectivity index (χ3n) is 10.4. The van der Waals surface area contributed by atoms with Crippen molar-refractivity contribution in [2.24, 2.45) is 0 Å². The average molecular weight is 625 g/mol. The fraction of sp³-hybridized carbons (Fsp3) is 0.562. The summed E-state index contributed by atoms with van der Waals surface area (Å²) in [6.07, 6.45) is 7.30. The first kappa shape index (κ1) is 26.3. The molecule has 1 N–H and O–H groups in total. The molecule has 2 bridgehead atoms. The van der Waals surface area contributed by atoms with Crippen LogP contribution in [0.1, 0.15) is 67.8 Å². The number of rotatable bonds is 5. The van der Waals surface area contributed by atoms with E-state index in [2.05, 4.69) is 37.1 Å². The lowest BCUT2D eigenvalue weighted by molar-refractivity contribution is 0.106. The topological polar surface area (TPSA) is 53.5 Å². The number of hydrogen-bond donors (Lipinski definition) is 1. The van der Waals surface area contributed by atoms with E-state index >= 15 is 0 Å². The van der Waals surface area contributed by atoms with Gasteiger partial charge in [-0.15, -0.1) is 0 Å². The predicted octanol–water partition coefficient (Wildman–Crippen LogP) is 6.05. The highest BCUT2D eigenvalue weighted by molar-refractivity contribution is 9.10. The van der Waals surface area contributed by atoms with Crippen LogP contribution >= 0.6 is 15.9 Å². The van der Waals surface area contributed by atoms with Gasteiger partial charge in [-0.3, -0.25) is 4.90 Å². The number of ether oxygens (including phenoxy) is 1. The number of benzene rings is 2. The molecule has 41 heavy (non-hydrogen) atoms. The van der Waals surface area contributed by atoms with E-state index in [1.165, 1.54) is 24.5 Å². The van der Waals surface area contributed by atoms with Gasteiger partial charge in [0.2, 0.25) is 0 Å². The van der Waals surface area contributed by atoms with Gasteiger partial charge in [-0.2, -0.15) is 9.97 Å². The quantitative estimate of drug-likeness (QED) is 0.374. The molecule has 0 radical (unpaired) electrons. The molecule has 1 aromatic heterocycles. The molecular formula is C32H36BrF2N5O. The Morgan fingerprint density at radius 3 is 2.80 bits per heavy atom. The molecule has 216 valence electrons. The molecule has 3 aromatic rings. The molecule has 0 spiro atoms. The Morgan fingerprint density at radius 1 is 1.10 bits per heavy atom. The van der Waals surface area contributed by atoms with E-state index in [0.717, 1.165) is 73.0 Å². The number of hydrogen-bond acceptors (Lipinski definition) is 6. The maximum absolute atomic E-state index is 14.6. The summed E-state index contributed by atoms with van der Waals surface area (Å²) in [6.45, 7) is 3.31. The van der Waals surface area contributed by atoms with Gasteiger partial charge in [-0.25, -0.2) is 8.78 Å². The van der Waals surface area contributed by atoms with Gasteiger partial charge in [0.1, 0.15) is 18.6 Å². The molecule has 0 aliphatic carbocycles. The van der Waals surface area contributed by atoms with E-state index in [9.17, 15) is 8.78 Å². The molecule has 4 fully saturated rings. The van der Waals surface area contributed by atoms with E-state index in [4.69, 9.17) is 14.7 Å². The van der Waals surface area contributed by atoms with Crippen LogP contribution in [0.3, 0.4) is 0 Å². The molecule has 6 nitrogen and oxygen atoms in total. The van der Waals surface area contributed by atoms with Crippen molar-refractivity contribution >= 4 is 32.4 Å². The van der Waals surface area contributed by atoms with Gasteiger partial charge in [0.25, 0.3) is 0 Å². The first-order valence-electron chi connectivity index (χ1n) is 15.3. The van der Waals surface area contributed by atoms with E-state index in [-0.39, 0.29) is 11.4 Å². The molecule has 5 aliphatic heterocycles. The van der Waals surface area contributed by atoms with E-state index in [0.29, 0.717) is 54.6 Å². The highest BCUT2D eigenvalue weighted by Gasteiger charge is 2.49. The monoisotopic (exact) mass is 623 g/mol. The summed E-state index contributed by atoms with van der Waals surface area (Å²) in [5.74, 6) is 0.133. The third kappa shape index (κ3) is 4.54. The summed E-state index contributed by atoms with van der Waals surface area (Å²) in [5.41, 5.74) is 4.18. The number of piperidine rings is 1. The number of nitrogens with one attached hydrogen (secondary N) is 1. The van der Waals surface area contributed by atoms with Crippen LogP contribution < -0.4 is 15.0 Å². The smallest absolute Gasteiger partial charge is 0.316 e. The van der Waals surface area contributed by atoms with Gasteiger partial charge in [0, 0.05) is 48.6 Å². The number of aromatic nitrogens is 2. The van der Waals surface area contributed by atoms with Gasteiger partial charge in [0.15, 0.2) is 0 Å². The molecule has 0 saturated carbocycles. The van der Waals surface area contributed by atoms with E-state index in [1.54, 1.807) is 0 Å². The van der Waals surface area contributed by atoms with Crippen molar-refractivity contribution in [1.29, 1.82) is 0 Å². The number of fused-ring (bicyclic) bond motifs is 5. The van der Waals surface area contributed by atoms with Crippen LogP contribution in [-0.4, -0.2) is 64.9 Å². The van der Waals surface area contributed by atoms with E-state index in [1.807, 2.05) is 18.2 Å². The van der Waals surface area contributed by atoms with Crippen molar-refractivity contribution < 1.29 is 13.5 Å². The fourth-order valence-corrected chi connectivity index (χ4v) is 9.09. The van der Waals surface area contributed by atoms with Crippen molar-refractivity contribution in [2.45, 2.75) is 87.6 Å². The largest absolute Gasteiger partial charge is 0.461 e. The summed E-state index contributed by atoms with van der Waals surface area (Å²) >= 11 is 3.52. The van der Waals surface area contributed by atoms with Crippen molar-refractivity contribution in [3.63, 3.8) is 0 Å². The predicted molar refractivity (Wildman–Crippen MR) is 159 cm³/mol. The van der Waals surface area contributed by atoms with Gasteiger partial charge < -0.3 is 15.0 Å². The first-order chi connectivity index (χ1) is 20.0. The highest BCUT2D eigenvalue weighted by Crippen LogP contribution is 2.43. The second-order valence-electron chi connectivity index (χ2n) is 12.9. The number of alkyl halides is 1. The molecule has 5 atom stereocenters. The zero-order valence-corrected chi connectivity index (χ0v) is 24.8. The van der Waals surface area contributed by atoms with Crippen molar-refractivity contribution in [3.05, 3.63) is 57.6 Å². The second kappa shape index (κ2) is 10.1. The first-order valence-corrected chi connectivity index (χ1v) is 16.0. The molecule has 1 unspecified atom stereocenters. The Balaban J connectivity index is 1.15.